The van der Waals surface area contributed by atoms with E-state index in [0.29, 0.717) is 0 Å². The molecular formula is C7H9BrN2O2. The van der Waals surface area contributed by atoms with Crippen LogP contribution in [0.25, 0.3) is 0 Å². The Balaban J connectivity index is 2.13. The van der Waals surface area contributed by atoms with Crippen LogP contribution < -0.4 is 4.90 Å². The van der Waals surface area contributed by atoms with E-state index in [1.165, 1.54) is 0 Å². The van der Waals surface area contributed by atoms with Gasteiger partial charge in [0.1, 0.15) is 4.47 Å². The summed E-state index contributed by atoms with van der Waals surface area (Å²) >= 11 is 3.36. The molecule has 66 valence electrons. The van der Waals surface area contributed by atoms with E-state index in [1.54, 1.807) is 6.20 Å². The lowest BCUT2D eigenvalue weighted by molar-refractivity contribution is 0.120. The van der Waals surface area contributed by atoms with E-state index in [0.717, 1.165) is 36.7 Å². The first-order valence-electron chi connectivity index (χ1n) is 3.81. The highest BCUT2D eigenvalue weighted by atomic mass is 79.9. The molecule has 0 bridgehead atoms. The molecule has 1 saturated heterocycles. The maximum Gasteiger partial charge on any atom is 0.241 e. The van der Waals surface area contributed by atoms with Gasteiger partial charge >= 0.3 is 0 Å². The molecule has 0 N–H and O–H groups in total. The van der Waals surface area contributed by atoms with Crippen molar-refractivity contribution in [1.82, 2.24) is 5.16 Å². The van der Waals surface area contributed by atoms with Crippen LogP contribution in [0.1, 0.15) is 0 Å². The number of nitrogens with zero attached hydrogens (tertiary/aromatic N) is 2. The topological polar surface area (TPSA) is 38.5 Å². The van der Waals surface area contributed by atoms with E-state index >= 15 is 0 Å². The first-order valence-corrected chi connectivity index (χ1v) is 4.60. The number of halogens is 1. The Morgan fingerprint density at radius 1 is 1.42 bits per heavy atom. The van der Waals surface area contributed by atoms with Gasteiger partial charge in [-0.3, -0.25) is 0 Å². The van der Waals surface area contributed by atoms with Gasteiger partial charge in [-0.05, 0) is 15.9 Å². The van der Waals surface area contributed by atoms with Crippen molar-refractivity contribution >= 4 is 21.8 Å². The summed E-state index contributed by atoms with van der Waals surface area (Å²) in [7, 11) is 0. The molecular weight excluding hydrogens is 224 g/mol. The van der Waals surface area contributed by atoms with Crippen molar-refractivity contribution in [1.29, 1.82) is 0 Å². The molecule has 0 spiro atoms. The van der Waals surface area contributed by atoms with Gasteiger partial charge in [-0.25, -0.2) is 0 Å². The monoisotopic (exact) mass is 232 g/mol. The predicted octanol–water partition coefficient (Wildman–Crippen LogP) is 1.27. The fourth-order valence-electron chi connectivity index (χ4n) is 1.20. The van der Waals surface area contributed by atoms with Crippen LogP contribution in [0, 0.1) is 0 Å². The third-order valence-corrected chi connectivity index (χ3v) is 2.35. The van der Waals surface area contributed by atoms with Gasteiger partial charge in [-0.15, -0.1) is 0 Å². The Bertz CT molecular complexity index is 258. The van der Waals surface area contributed by atoms with Crippen molar-refractivity contribution in [2.75, 3.05) is 31.2 Å². The molecule has 0 atom stereocenters. The van der Waals surface area contributed by atoms with E-state index in [9.17, 15) is 0 Å². The summed E-state index contributed by atoms with van der Waals surface area (Å²) in [6.45, 7) is 3.25. The number of ether oxygens (including phenoxy) is 1. The molecule has 0 aliphatic carbocycles. The van der Waals surface area contributed by atoms with E-state index in [2.05, 4.69) is 26.0 Å². The summed E-state index contributed by atoms with van der Waals surface area (Å²) in [5, 5.41) is 3.69. The minimum Gasteiger partial charge on any atom is -0.378 e. The van der Waals surface area contributed by atoms with Gasteiger partial charge in [-0.1, -0.05) is 5.16 Å². The van der Waals surface area contributed by atoms with Gasteiger partial charge in [0, 0.05) is 13.1 Å². The SMILES string of the molecule is Brc1cnoc1N1CCOCC1. The number of hydrogen-bond acceptors (Lipinski definition) is 4. The van der Waals surface area contributed by atoms with Crippen LogP contribution in [0.5, 0.6) is 0 Å². The zero-order valence-corrected chi connectivity index (χ0v) is 8.08. The fourth-order valence-corrected chi connectivity index (χ4v) is 1.60. The minimum atomic E-state index is 0.757. The molecule has 12 heavy (non-hydrogen) atoms. The highest BCUT2D eigenvalue weighted by Gasteiger charge is 2.17. The average molecular weight is 233 g/mol. The summed E-state index contributed by atoms with van der Waals surface area (Å²) < 4.78 is 11.2. The van der Waals surface area contributed by atoms with Gasteiger partial charge in [0.05, 0.1) is 19.4 Å². The molecule has 2 heterocycles. The van der Waals surface area contributed by atoms with E-state index in [4.69, 9.17) is 9.26 Å². The molecule has 0 unspecified atom stereocenters. The lowest BCUT2D eigenvalue weighted by atomic mass is 10.4. The molecule has 1 aromatic heterocycles. The van der Waals surface area contributed by atoms with Crippen LogP contribution in [0.15, 0.2) is 15.2 Å². The Kier molecular flexibility index (Phi) is 2.32. The maximum atomic E-state index is 5.22. The molecule has 0 amide bonds. The number of morpholine rings is 1. The number of aromatic nitrogens is 1. The number of hydrogen-bond donors (Lipinski definition) is 0. The first kappa shape index (κ1) is 8.07. The van der Waals surface area contributed by atoms with Gasteiger partial charge < -0.3 is 14.2 Å². The Morgan fingerprint density at radius 2 is 2.17 bits per heavy atom. The van der Waals surface area contributed by atoms with Crippen LogP contribution in [0.3, 0.4) is 0 Å². The van der Waals surface area contributed by atoms with Crippen molar-refractivity contribution < 1.29 is 9.26 Å². The van der Waals surface area contributed by atoms with Crippen LogP contribution >= 0.6 is 15.9 Å². The summed E-state index contributed by atoms with van der Waals surface area (Å²) in [4.78, 5) is 2.11. The summed E-state index contributed by atoms with van der Waals surface area (Å²) in [6, 6.07) is 0. The molecule has 2 rings (SSSR count). The van der Waals surface area contributed by atoms with E-state index in [-0.39, 0.29) is 0 Å². The van der Waals surface area contributed by atoms with Crippen LogP contribution in [0.2, 0.25) is 0 Å². The van der Waals surface area contributed by atoms with Gasteiger partial charge in [-0.2, -0.15) is 0 Å². The predicted molar refractivity (Wildman–Crippen MR) is 47.2 cm³/mol. The van der Waals surface area contributed by atoms with E-state index in [1.807, 2.05) is 0 Å². The fraction of sp³-hybridized carbons (Fsp3) is 0.571. The molecule has 0 saturated carbocycles. The van der Waals surface area contributed by atoms with Crippen LogP contribution in [-0.2, 0) is 4.74 Å². The van der Waals surface area contributed by atoms with Crippen molar-refractivity contribution in [3.05, 3.63) is 10.7 Å². The highest BCUT2D eigenvalue weighted by molar-refractivity contribution is 9.10. The van der Waals surface area contributed by atoms with Crippen molar-refractivity contribution in [2.24, 2.45) is 0 Å². The number of rotatable bonds is 1. The molecule has 5 heteroatoms. The van der Waals surface area contributed by atoms with Crippen LogP contribution in [-0.4, -0.2) is 31.5 Å². The van der Waals surface area contributed by atoms with E-state index < -0.39 is 0 Å². The Morgan fingerprint density at radius 3 is 2.75 bits per heavy atom. The molecule has 0 aromatic carbocycles. The highest BCUT2D eigenvalue weighted by Crippen LogP contribution is 2.25. The summed E-state index contributed by atoms with van der Waals surface area (Å²) in [6.07, 6.45) is 1.66. The quantitative estimate of drug-likeness (QED) is 0.732. The molecule has 0 radical (unpaired) electrons. The standard InChI is InChI=1S/C7H9BrN2O2/c8-6-5-9-12-7(6)10-1-3-11-4-2-10/h5H,1-4H2. The lowest BCUT2D eigenvalue weighted by Crippen LogP contribution is -2.36. The summed E-state index contributed by atoms with van der Waals surface area (Å²) in [5.74, 6) is 0.804. The Hall–Kier alpha value is -0.550. The second-order valence-corrected chi connectivity index (χ2v) is 3.43. The average Bonchev–Trinajstić information content (AvgIpc) is 2.53. The first-order chi connectivity index (χ1) is 5.88. The smallest absolute Gasteiger partial charge is 0.241 e. The normalized spacial score (nSPS) is 18.2. The lowest BCUT2D eigenvalue weighted by Gasteiger charge is -2.25. The Labute approximate surface area is 78.6 Å². The summed E-state index contributed by atoms with van der Waals surface area (Å²) in [5.41, 5.74) is 0. The third-order valence-electron chi connectivity index (χ3n) is 1.81. The zero-order valence-electron chi connectivity index (χ0n) is 6.49. The number of anilines is 1. The third kappa shape index (κ3) is 1.47. The second-order valence-electron chi connectivity index (χ2n) is 2.58. The van der Waals surface area contributed by atoms with Crippen molar-refractivity contribution in [3.8, 4) is 0 Å². The van der Waals surface area contributed by atoms with Crippen LogP contribution in [0.4, 0.5) is 5.88 Å². The minimum absolute atomic E-state index is 0.757. The molecule has 4 nitrogen and oxygen atoms in total. The zero-order chi connectivity index (χ0) is 8.39. The molecule has 1 aliphatic rings. The van der Waals surface area contributed by atoms with Crippen molar-refractivity contribution in [3.63, 3.8) is 0 Å². The second kappa shape index (κ2) is 3.45. The maximum absolute atomic E-state index is 5.22. The molecule has 1 aromatic rings. The molecule has 1 aliphatic heterocycles. The van der Waals surface area contributed by atoms with Gasteiger partial charge in [0.25, 0.3) is 0 Å². The van der Waals surface area contributed by atoms with Gasteiger partial charge in [0.2, 0.25) is 5.88 Å². The van der Waals surface area contributed by atoms with Crippen molar-refractivity contribution in [2.45, 2.75) is 0 Å². The van der Waals surface area contributed by atoms with Gasteiger partial charge in [0.15, 0.2) is 0 Å². The largest absolute Gasteiger partial charge is 0.378 e. The molecule has 1 fully saturated rings.